The SMILES string of the molecule is C#C.C=C(c1ccccc1)N1CCCC1.C=CC.Cc1c(N2CCC(N)C2)cn[nH]c1=O. The molecule has 0 saturated carbocycles. The summed E-state index contributed by atoms with van der Waals surface area (Å²) in [6, 6.07) is 10.6. The average molecular weight is 436 g/mol. The second-order valence-corrected chi connectivity index (χ2v) is 7.62. The molecule has 172 valence electrons. The number of H-pyrrole nitrogens is 1. The molecule has 2 saturated heterocycles. The van der Waals surface area contributed by atoms with Gasteiger partial charge in [0.1, 0.15) is 0 Å². The standard InChI is InChI=1S/C12H15N.C9H14N4O.C3H6.C2H2/c1-11(13-9-5-6-10-13)12-7-3-2-4-8-12;1-6-8(4-11-12-9(6)14)13-3-2-7(10)5-13;1-3-2;1-2/h2-4,7-8H,1,5-6,9-10H2;4,7H,2-3,5,10H2,1H3,(H,12,14);3H,1H2,2H3;1-2H. The van der Waals surface area contributed by atoms with Crippen LogP contribution in [-0.4, -0.2) is 47.3 Å². The Morgan fingerprint density at radius 3 is 2.34 bits per heavy atom. The summed E-state index contributed by atoms with van der Waals surface area (Å²) >= 11 is 0. The summed E-state index contributed by atoms with van der Waals surface area (Å²) < 4.78 is 0. The number of aromatic nitrogens is 2. The van der Waals surface area contributed by atoms with Crippen molar-refractivity contribution in [2.75, 3.05) is 31.1 Å². The maximum Gasteiger partial charge on any atom is 0.269 e. The summed E-state index contributed by atoms with van der Waals surface area (Å²) in [6.45, 7) is 15.3. The second-order valence-electron chi connectivity index (χ2n) is 7.62. The van der Waals surface area contributed by atoms with Crippen LogP contribution in [0.4, 0.5) is 5.69 Å². The van der Waals surface area contributed by atoms with E-state index in [-0.39, 0.29) is 11.6 Å². The van der Waals surface area contributed by atoms with Gasteiger partial charge in [-0.1, -0.05) is 43.0 Å². The van der Waals surface area contributed by atoms with Gasteiger partial charge in [-0.2, -0.15) is 5.10 Å². The summed E-state index contributed by atoms with van der Waals surface area (Å²) in [6.07, 6.45) is 15.0. The smallest absolute Gasteiger partial charge is 0.269 e. The number of hydrogen-bond donors (Lipinski definition) is 2. The van der Waals surface area contributed by atoms with E-state index in [1.165, 1.54) is 37.2 Å². The summed E-state index contributed by atoms with van der Waals surface area (Å²) in [4.78, 5) is 15.8. The second kappa shape index (κ2) is 14.7. The van der Waals surface area contributed by atoms with E-state index in [1.807, 2.05) is 13.0 Å². The molecular formula is C26H37N5O. The van der Waals surface area contributed by atoms with Gasteiger partial charge in [0.15, 0.2) is 0 Å². The first-order valence-corrected chi connectivity index (χ1v) is 10.9. The molecule has 0 bridgehead atoms. The van der Waals surface area contributed by atoms with Crippen LogP contribution in [0.25, 0.3) is 5.70 Å². The third-order valence-corrected chi connectivity index (χ3v) is 5.24. The Morgan fingerprint density at radius 2 is 1.81 bits per heavy atom. The number of nitrogens with one attached hydrogen (secondary N) is 1. The fraction of sp³-hybridized carbons (Fsp3) is 0.385. The molecule has 1 atom stereocenters. The number of aromatic amines is 1. The summed E-state index contributed by atoms with van der Waals surface area (Å²) in [7, 11) is 0. The van der Waals surface area contributed by atoms with Gasteiger partial charge in [-0.05, 0) is 38.7 Å². The molecule has 6 heteroatoms. The predicted octanol–water partition coefficient (Wildman–Crippen LogP) is 3.81. The normalized spacial score (nSPS) is 16.5. The number of benzene rings is 1. The Morgan fingerprint density at radius 1 is 1.22 bits per heavy atom. The van der Waals surface area contributed by atoms with Crippen LogP contribution in [0, 0.1) is 19.8 Å². The van der Waals surface area contributed by atoms with Crippen LogP contribution in [0.2, 0.25) is 0 Å². The Labute approximate surface area is 192 Å². The molecule has 1 aromatic carbocycles. The molecular weight excluding hydrogens is 398 g/mol. The number of allylic oxidation sites excluding steroid dienone is 1. The first kappa shape index (κ1) is 26.7. The van der Waals surface area contributed by atoms with E-state index < -0.39 is 0 Å². The Hall–Kier alpha value is -3.30. The minimum atomic E-state index is -0.122. The highest BCUT2D eigenvalue weighted by atomic mass is 16.1. The highest BCUT2D eigenvalue weighted by Crippen LogP contribution is 2.21. The van der Waals surface area contributed by atoms with Gasteiger partial charge in [0.25, 0.3) is 5.56 Å². The van der Waals surface area contributed by atoms with Crippen molar-refractivity contribution in [3.8, 4) is 12.8 Å². The maximum atomic E-state index is 11.3. The molecule has 0 amide bonds. The lowest BCUT2D eigenvalue weighted by atomic mass is 10.1. The summed E-state index contributed by atoms with van der Waals surface area (Å²) in [5, 5.41) is 6.21. The van der Waals surface area contributed by atoms with E-state index in [9.17, 15) is 4.79 Å². The van der Waals surface area contributed by atoms with Crippen LogP contribution in [0.5, 0.6) is 0 Å². The highest BCUT2D eigenvalue weighted by Gasteiger charge is 2.21. The average Bonchev–Trinajstić information content (AvgIpc) is 3.50. The largest absolute Gasteiger partial charge is 0.372 e. The lowest BCUT2D eigenvalue weighted by Crippen LogP contribution is -2.28. The van der Waals surface area contributed by atoms with E-state index in [0.717, 1.165) is 25.2 Å². The summed E-state index contributed by atoms with van der Waals surface area (Å²) in [5.74, 6) is 0. The number of anilines is 1. The lowest BCUT2D eigenvalue weighted by Gasteiger charge is -2.20. The first-order valence-electron chi connectivity index (χ1n) is 10.9. The van der Waals surface area contributed by atoms with Gasteiger partial charge in [0.2, 0.25) is 0 Å². The zero-order valence-corrected chi connectivity index (χ0v) is 19.5. The fourth-order valence-corrected chi connectivity index (χ4v) is 3.57. The Balaban J connectivity index is 0.000000268. The van der Waals surface area contributed by atoms with Gasteiger partial charge in [0.05, 0.1) is 11.9 Å². The van der Waals surface area contributed by atoms with Crippen LogP contribution < -0.4 is 16.2 Å². The molecule has 2 aromatic rings. The molecule has 2 aliphatic rings. The first-order chi connectivity index (χ1) is 15.5. The lowest BCUT2D eigenvalue weighted by molar-refractivity contribution is 0.494. The molecule has 32 heavy (non-hydrogen) atoms. The van der Waals surface area contributed by atoms with Crippen LogP contribution in [0.1, 0.15) is 37.3 Å². The number of nitrogens with two attached hydrogens (primary N) is 1. The molecule has 2 aliphatic heterocycles. The quantitative estimate of drug-likeness (QED) is 0.566. The number of terminal acetylenes is 1. The molecule has 3 heterocycles. The van der Waals surface area contributed by atoms with Gasteiger partial charge in [-0.25, -0.2) is 5.10 Å². The topological polar surface area (TPSA) is 78.2 Å². The van der Waals surface area contributed by atoms with Crippen molar-refractivity contribution in [2.45, 2.75) is 39.2 Å². The fourth-order valence-electron chi connectivity index (χ4n) is 3.57. The molecule has 4 rings (SSSR count). The number of rotatable bonds is 3. The van der Waals surface area contributed by atoms with Crippen molar-refractivity contribution in [1.82, 2.24) is 15.1 Å². The third kappa shape index (κ3) is 8.09. The van der Waals surface area contributed by atoms with Crippen molar-refractivity contribution in [3.63, 3.8) is 0 Å². The number of hydrogen-bond acceptors (Lipinski definition) is 5. The predicted molar refractivity (Wildman–Crippen MR) is 136 cm³/mol. The third-order valence-electron chi connectivity index (χ3n) is 5.24. The minimum absolute atomic E-state index is 0.122. The molecule has 0 radical (unpaired) electrons. The zero-order chi connectivity index (χ0) is 23.9. The van der Waals surface area contributed by atoms with Crippen molar-refractivity contribution < 1.29 is 0 Å². The van der Waals surface area contributed by atoms with Gasteiger partial charge in [0, 0.05) is 43.5 Å². The van der Waals surface area contributed by atoms with Crippen LogP contribution >= 0.6 is 0 Å². The van der Waals surface area contributed by atoms with Gasteiger partial charge in [-0.15, -0.1) is 19.4 Å². The maximum absolute atomic E-state index is 11.3. The molecule has 1 unspecified atom stereocenters. The molecule has 6 nitrogen and oxygen atoms in total. The number of likely N-dealkylation sites (tertiary alicyclic amines) is 1. The van der Waals surface area contributed by atoms with Crippen molar-refractivity contribution in [1.29, 1.82) is 0 Å². The molecule has 3 N–H and O–H groups in total. The van der Waals surface area contributed by atoms with E-state index >= 15 is 0 Å². The minimum Gasteiger partial charge on any atom is -0.372 e. The van der Waals surface area contributed by atoms with Gasteiger partial charge < -0.3 is 15.5 Å². The highest BCUT2D eigenvalue weighted by molar-refractivity contribution is 5.61. The van der Waals surface area contributed by atoms with Crippen LogP contribution in [0.15, 0.2) is 60.6 Å². The van der Waals surface area contributed by atoms with Crippen LogP contribution in [-0.2, 0) is 0 Å². The zero-order valence-electron chi connectivity index (χ0n) is 19.5. The molecule has 1 aromatic heterocycles. The van der Waals surface area contributed by atoms with Crippen LogP contribution in [0.3, 0.4) is 0 Å². The number of nitrogens with zero attached hydrogens (tertiary/aromatic N) is 3. The Bertz CT molecular complexity index is 897. The monoisotopic (exact) mass is 435 g/mol. The summed E-state index contributed by atoms with van der Waals surface area (Å²) in [5.41, 5.74) is 9.73. The van der Waals surface area contributed by atoms with Crippen molar-refractivity contribution in [3.05, 3.63) is 77.2 Å². The van der Waals surface area contributed by atoms with E-state index in [4.69, 9.17) is 5.73 Å². The van der Waals surface area contributed by atoms with Gasteiger partial charge in [-0.3, -0.25) is 4.79 Å². The van der Waals surface area contributed by atoms with E-state index in [0.29, 0.717) is 5.56 Å². The van der Waals surface area contributed by atoms with E-state index in [1.54, 1.807) is 19.2 Å². The molecule has 0 spiro atoms. The Kier molecular flexibility index (Phi) is 12.2. The van der Waals surface area contributed by atoms with Gasteiger partial charge >= 0.3 is 0 Å². The van der Waals surface area contributed by atoms with Crippen molar-refractivity contribution in [2.24, 2.45) is 5.73 Å². The molecule has 2 fully saturated rings. The van der Waals surface area contributed by atoms with E-state index in [2.05, 4.69) is 70.3 Å². The van der Waals surface area contributed by atoms with Crippen molar-refractivity contribution >= 4 is 11.4 Å². The molecule has 0 aliphatic carbocycles.